The van der Waals surface area contributed by atoms with Crippen LogP contribution < -0.4 is 29.6 Å². The quantitative estimate of drug-likeness (QED) is 0.269. The van der Waals surface area contributed by atoms with Gasteiger partial charge < -0.3 is 5.21 Å². The van der Waals surface area contributed by atoms with E-state index in [1.807, 2.05) is 0 Å². The molecule has 0 aliphatic rings. The molecular formula is C8H4ClN2NaO3S. The van der Waals surface area contributed by atoms with Gasteiger partial charge in [-0.05, 0) is 24.3 Å². The number of rotatable bonds is 1. The fourth-order valence-electron chi connectivity index (χ4n) is 0.855. The zero-order chi connectivity index (χ0) is 11.5. The van der Waals surface area contributed by atoms with Crippen LogP contribution in [-0.2, 0) is 9.84 Å². The number of nitrogens with zero attached hydrogens (tertiary/aromatic N) is 2. The number of nitriles is 1. The molecule has 0 heterocycles. The van der Waals surface area contributed by atoms with Gasteiger partial charge in [0.2, 0.25) is 14.9 Å². The molecule has 0 fully saturated rings. The predicted octanol–water partition coefficient (Wildman–Crippen LogP) is -1.46. The minimum atomic E-state index is -4.10. The van der Waals surface area contributed by atoms with Crippen LogP contribution in [0, 0.1) is 16.5 Å². The van der Waals surface area contributed by atoms with Crippen LogP contribution in [0.5, 0.6) is 0 Å². The van der Waals surface area contributed by atoms with Gasteiger partial charge in [0.1, 0.15) is 6.07 Å². The SMILES string of the molecule is N#C/C(=N\[O-])S(=O)(=O)c1ccc(Cl)cc1.[Na+]. The maximum atomic E-state index is 11.5. The van der Waals surface area contributed by atoms with Gasteiger partial charge >= 0.3 is 29.6 Å². The third kappa shape index (κ3) is 3.20. The second-order valence-electron chi connectivity index (χ2n) is 2.47. The van der Waals surface area contributed by atoms with Crippen molar-refractivity contribution in [1.29, 1.82) is 5.26 Å². The summed E-state index contributed by atoms with van der Waals surface area (Å²) >= 11 is 5.56. The van der Waals surface area contributed by atoms with Gasteiger partial charge in [-0.2, -0.15) is 5.26 Å². The van der Waals surface area contributed by atoms with Gasteiger partial charge in [-0.15, -0.1) is 0 Å². The van der Waals surface area contributed by atoms with E-state index in [4.69, 9.17) is 16.9 Å². The van der Waals surface area contributed by atoms with Crippen LogP contribution in [0.1, 0.15) is 0 Å². The normalized spacial score (nSPS) is 11.4. The number of hydrogen-bond acceptors (Lipinski definition) is 5. The number of halogens is 1. The Labute approximate surface area is 120 Å². The molecule has 0 N–H and O–H groups in total. The first-order chi connectivity index (χ1) is 7.02. The van der Waals surface area contributed by atoms with E-state index in [-0.39, 0.29) is 34.5 Å². The number of hydrogen-bond donors (Lipinski definition) is 0. The molecule has 0 unspecified atom stereocenters. The maximum absolute atomic E-state index is 11.5. The van der Waals surface area contributed by atoms with Crippen LogP contribution in [0.2, 0.25) is 5.02 Å². The van der Waals surface area contributed by atoms with E-state index in [2.05, 4.69) is 5.16 Å². The van der Waals surface area contributed by atoms with E-state index in [0.29, 0.717) is 5.02 Å². The molecule has 0 saturated carbocycles. The third-order valence-corrected chi connectivity index (χ3v) is 3.38. The molecular weight excluding hydrogens is 263 g/mol. The van der Waals surface area contributed by atoms with Gasteiger partial charge in [0.15, 0.2) is 0 Å². The van der Waals surface area contributed by atoms with Crippen molar-refractivity contribution in [3.63, 3.8) is 0 Å². The molecule has 0 saturated heterocycles. The summed E-state index contributed by atoms with van der Waals surface area (Å²) in [5.74, 6) is 0. The first-order valence-electron chi connectivity index (χ1n) is 3.63. The first kappa shape index (κ1) is 15.4. The smallest absolute Gasteiger partial charge is 0.790 e. The van der Waals surface area contributed by atoms with E-state index in [9.17, 15) is 13.6 Å². The summed E-state index contributed by atoms with van der Waals surface area (Å²) in [5, 5.41) is 19.9. The fourth-order valence-corrected chi connectivity index (χ4v) is 1.92. The molecule has 16 heavy (non-hydrogen) atoms. The molecule has 0 bridgehead atoms. The fraction of sp³-hybridized carbons (Fsp3) is 0. The summed E-state index contributed by atoms with van der Waals surface area (Å²) in [7, 11) is -4.10. The molecule has 5 nitrogen and oxygen atoms in total. The van der Waals surface area contributed by atoms with Gasteiger partial charge in [-0.1, -0.05) is 11.6 Å². The Morgan fingerprint density at radius 1 is 1.38 bits per heavy atom. The van der Waals surface area contributed by atoms with Crippen molar-refractivity contribution in [2.75, 3.05) is 0 Å². The topological polar surface area (TPSA) is 93.3 Å². The molecule has 0 radical (unpaired) electrons. The summed E-state index contributed by atoms with van der Waals surface area (Å²) in [5.41, 5.74) is 0. The van der Waals surface area contributed by atoms with Gasteiger partial charge in [0.05, 0.1) is 4.90 Å². The molecule has 1 aromatic rings. The average molecular weight is 267 g/mol. The molecule has 1 rings (SSSR count). The Morgan fingerprint density at radius 3 is 2.25 bits per heavy atom. The zero-order valence-corrected chi connectivity index (χ0v) is 11.8. The maximum Gasteiger partial charge on any atom is 1.00 e. The second kappa shape index (κ2) is 6.23. The number of sulfone groups is 1. The Balaban J connectivity index is 0.00000225. The molecule has 0 amide bonds. The van der Waals surface area contributed by atoms with Crippen molar-refractivity contribution in [2.24, 2.45) is 5.16 Å². The van der Waals surface area contributed by atoms with Crippen LogP contribution in [0.15, 0.2) is 34.3 Å². The minimum absolute atomic E-state index is 0. The zero-order valence-electron chi connectivity index (χ0n) is 8.21. The van der Waals surface area contributed by atoms with E-state index < -0.39 is 14.9 Å². The minimum Gasteiger partial charge on any atom is -0.790 e. The van der Waals surface area contributed by atoms with E-state index >= 15 is 0 Å². The first-order valence-corrected chi connectivity index (χ1v) is 5.49. The van der Waals surface area contributed by atoms with Gasteiger partial charge in [-0.3, -0.25) is 5.16 Å². The summed E-state index contributed by atoms with van der Waals surface area (Å²) in [6.45, 7) is 0. The third-order valence-electron chi connectivity index (χ3n) is 1.56. The molecule has 1 aromatic carbocycles. The summed E-state index contributed by atoms with van der Waals surface area (Å²) < 4.78 is 23.0. The van der Waals surface area contributed by atoms with Crippen molar-refractivity contribution in [2.45, 2.75) is 4.90 Å². The molecule has 0 aromatic heterocycles. The van der Waals surface area contributed by atoms with Crippen LogP contribution in [-0.4, -0.2) is 13.5 Å². The monoisotopic (exact) mass is 266 g/mol. The van der Waals surface area contributed by atoms with Gasteiger partial charge in [-0.25, -0.2) is 8.42 Å². The summed E-state index contributed by atoms with van der Waals surface area (Å²) in [6, 6.07) is 6.29. The van der Waals surface area contributed by atoms with Gasteiger partial charge in [0.25, 0.3) is 0 Å². The van der Waals surface area contributed by atoms with Crippen LogP contribution in [0.3, 0.4) is 0 Å². The van der Waals surface area contributed by atoms with Crippen LogP contribution >= 0.6 is 11.6 Å². The molecule has 0 aliphatic carbocycles. The summed E-state index contributed by atoms with van der Waals surface area (Å²) in [6.07, 6.45) is 0. The van der Waals surface area contributed by atoms with Crippen molar-refractivity contribution in [3.8, 4) is 6.07 Å². The predicted molar refractivity (Wildman–Crippen MR) is 55.1 cm³/mol. The molecule has 0 aliphatic heterocycles. The van der Waals surface area contributed by atoms with Crippen molar-refractivity contribution < 1.29 is 38.0 Å². The molecule has 0 atom stereocenters. The average Bonchev–Trinajstić information content (AvgIpc) is 2.19. The Bertz CT molecular complexity index is 533. The van der Waals surface area contributed by atoms with Gasteiger partial charge in [0, 0.05) is 5.02 Å². The number of benzene rings is 1. The molecule has 0 spiro atoms. The molecule has 8 heteroatoms. The van der Waals surface area contributed by atoms with E-state index in [1.165, 1.54) is 30.3 Å². The van der Waals surface area contributed by atoms with Crippen LogP contribution in [0.4, 0.5) is 0 Å². The largest absolute Gasteiger partial charge is 1.00 e. The summed E-state index contributed by atoms with van der Waals surface area (Å²) in [4.78, 5) is -0.192. The van der Waals surface area contributed by atoms with Crippen LogP contribution in [0.25, 0.3) is 0 Å². The standard InChI is InChI=1S/C8H5ClN2O3S.Na/c9-6-1-3-7(4-2-6)15(13,14)8(5-10)11-12;/h1-4,12H;/q;+1/p-1/b11-8+;. The van der Waals surface area contributed by atoms with Crippen molar-refractivity contribution >= 4 is 26.5 Å². The van der Waals surface area contributed by atoms with E-state index in [0.717, 1.165) is 0 Å². The van der Waals surface area contributed by atoms with E-state index in [1.54, 1.807) is 0 Å². The van der Waals surface area contributed by atoms with Crippen molar-refractivity contribution in [1.82, 2.24) is 0 Å². The Morgan fingerprint density at radius 2 is 1.88 bits per heavy atom. The Hall–Kier alpha value is -0.580. The molecule has 78 valence electrons. The van der Waals surface area contributed by atoms with Crippen molar-refractivity contribution in [3.05, 3.63) is 34.5 Å². The second-order valence-corrected chi connectivity index (χ2v) is 4.77. The Kier molecular flexibility index (Phi) is 6.00.